The number of rotatable bonds is 8. The highest BCUT2D eigenvalue weighted by Gasteiger charge is 2.29. The third kappa shape index (κ3) is 6.13. The predicted molar refractivity (Wildman–Crippen MR) is 133 cm³/mol. The highest BCUT2D eigenvalue weighted by Crippen LogP contribution is 2.30. The fourth-order valence-electron chi connectivity index (χ4n) is 4.41. The average Bonchev–Trinajstić information content (AvgIpc) is 2.91. The number of sulfonamides is 1. The van der Waals surface area contributed by atoms with Crippen molar-refractivity contribution in [3.05, 3.63) is 65.2 Å². The van der Waals surface area contributed by atoms with Crippen LogP contribution in [0.1, 0.15) is 35.6 Å². The van der Waals surface area contributed by atoms with Crippen LogP contribution in [0.4, 0.5) is 0 Å². The second kappa shape index (κ2) is 11.7. The summed E-state index contributed by atoms with van der Waals surface area (Å²) in [6.45, 7) is 0.765. The Kier molecular flexibility index (Phi) is 8.40. The molecule has 1 aliphatic heterocycles. The molecular formula is C26H30N2O7S. The fourth-order valence-corrected chi connectivity index (χ4v) is 6.01. The average molecular weight is 515 g/mol. The predicted octanol–water partition coefficient (Wildman–Crippen LogP) is 2.47. The first-order chi connectivity index (χ1) is 17.4. The number of carbonyl (C=O) groups is 2. The molecular weight excluding hydrogens is 484 g/mol. The van der Waals surface area contributed by atoms with Gasteiger partial charge in [-0.15, -0.1) is 0 Å². The number of benzene rings is 2. The molecule has 10 heteroatoms. The van der Waals surface area contributed by atoms with Crippen LogP contribution in [0.25, 0.3) is 6.08 Å². The fraction of sp³-hybridized carbons (Fsp3) is 0.385. The molecule has 1 aliphatic carbocycles. The molecule has 1 fully saturated rings. The van der Waals surface area contributed by atoms with E-state index < -0.39 is 22.6 Å². The van der Waals surface area contributed by atoms with Gasteiger partial charge in [-0.05, 0) is 54.2 Å². The van der Waals surface area contributed by atoms with Crippen molar-refractivity contribution < 1.29 is 32.2 Å². The molecule has 0 unspecified atom stereocenters. The van der Waals surface area contributed by atoms with Crippen molar-refractivity contribution >= 4 is 28.0 Å². The van der Waals surface area contributed by atoms with Gasteiger partial charge in [0.25, 0.3) is 5.91 Å². The zero-order chi connectivity index (χ0) is 25.5. The van der Waals surface area contributed by atoms with Gasteiger partial charge >= 0.3 is 5.97 Å². The number of amides is 1. The number of esters is 1. The number of nitrogens with zero attached hydrogens (tertiary/aromatic N) is 1. The van der Waals surface area contributed by atoms with Gasteiger partial charge < -0.3 is 19.5 Å². The van der Waals surface area contributed by atoms with Gasteiger partial charge in [-0.25, -0.2) is 13.2 Å². The summed E-state index contributed by atoms with van der Waals surface area (Å²) in [5.41, 5.74) is 2.80. The normalized spacial score (nSPS) is 18.4. The molecule has 2 aromatic carbocycles. The largest absolute Gasteiger partial charge is 0.495 e. The SMILES string of the molecule is COc1ccc(/C=C/C(=O)OCC(=O)N[C@H]2CCCc3ccccc32)cc1S(=O)(=O)N1CCOCC1. The first kappa shape index (κ1) is 25.9. The summed E-state index contributed by atoms with van der Waals surface area (Å²) in [7, 11) is -2.40. The molecule has 2 aliphatic rings. The lowest BCUT2D eigenvalue weighted by Crippen LogP contribution is -2.40. The third-order valence-corrected chi connectivity index (χ3v) is 8.16. The van der Waals surface area contributed by atoms with Gasteiger partial charge in [-0.2, -0.15) is 4.31 Å². The summed E-state index contributed by atoms with van der Waals surface area (Å²) in [5.74, 6) is -0.869. The first-order valence-corrected chi connectivity index (χ1v) is 13.3. The Morgan fingerprint density at radius 3 is 2.72 bits per heavy atom. The second-order valence-electron chi connectivity index (χ2n) is 8.58. The van der Waals surface area contributed by atoms with E-state index in [1.165, 1.54) is 35.2 Å². The first-order valence-electron chi connectivity index (χ1n) is 11.9. The van der Waals surface area contributed by atoms with E-state index in [-0.39, 0.29) is 35.7 Å². The van der Waals surface area contributed by atoms with Gasteiger partial charge in [0, 0.05) is 19.2 Å². The van der Waals surface area contributed by atoms with E-state index in [1.807, 2.05) is 18.2 Å². The number of fused-ring (bicyclic) bond motifs is 1. The minimum absolute atomic E-state index is 0.00885. The van der Waals surface area contributed by atoms with E-state index in [9.17, 15) is 18.0 Å². The maximum Gasteiger partial charge on any atom is 0.331 e. The minimum atomic E-state index is -3.80. The van der Waals surface area contributed by atoms with Crippen molar-refractivity contribution in [2.24, 2.45) is 0 Å². The summed E-state index contributed by atoms with van der Waals surface area (Å²) < 4.78 is 43.1. The van der Waals surface area contributed by atoms with Crippen LogP contribution in [0.2, 0.25) is 0 Å². The monoisotopic (exact) mass is 514 g/mol. The summed E-state index contributed by atoms with van der Waals surface area (Å²) in [6.07, 6.45) is 5.41. The van der Waals surface area contributed by atoms with Crippen LogP contribution >= 0.6 is 0 Å². The van der Waals surface area contributed by atoms with Crippen LogP contribution < -0.4 is 10.1 Å². The highest BCUT2D eigenvalue weighted by molar-refractivity contribution is 7.89. The molecule has 0 spiro atoms. The van der Waals surface area contributed by atoms with E-state index in [0.717, 1.165) is 30.9 Å². The number of hydrogen-bond acceptors (Lipinski definition) is 7. The van der Waals surface area contributed by atoms with E-state index in [4.69, 9.17) is 14.2 Å². The lowest BCUT2D eigenvalue weighted by molar-refractivity contribution is -0.144. The van der Waals surface area contributed by atoms with Crippen molar-refractivity contribution in [1.29, 1.82) is 0 Å². The van der Waals surface area contributed by atoms with Gasteiger partial charge in [0.2, 0.25) is 10.0 Å². The minimum Gasteiger partial charge on any atom is -0.495 e. The smallest absolute Gasteiger partial charge is 0.331 e. The summed E-state index contributed by atoms with van der Waals surface area (Å²) in [4.78, 5) is 24.6. The lowest BCUT2D eigenvalue weighted by Gasteiger charge is -2.26. The Bertz CT molecular complexity index is 1240. The molecule has 1 N–H and O–H groups in total. The van der Waals surface area contributed by atoms with Crippen LogP contribution in [-0.2, 0) is 35.5 Å². The van der Waals surface area contributed by atoms with Crippen LogP contribution in [-0.4, -0.2) is 64.6 Å². The maximum atomic E-state index is 13.1. The summed E-state index contributed by atoms with van der Waals surface area (Å²) in [5, 5.41) is 2.94. The molecule has 36 heavy (non-hydrogen) atoms. The van der Waals surface area contributed by atoms with Gasteiger partial charge in [-0.3, -0.25) is 4.79 Å². The molecule has 4 rings (SSSR count). The zero-order valence-electron chi connectivity index (χ0n) is 20.1. The maximum absolute atomic E-state index is 13.1. The van der Waals surface area contributed by atoms with Gasteiger partial charge in [0.15, 0.2) is 6.61 Å². The van der Waals surface area contributed by atoms with E-state index in [1.54, 1.807) is 6.07 Å². The Morgan fingerprint density at radius 1 is 1.17 bits per heavy atom. The van der Waals surface area contributed by atoms with Crippen molar-refractivity contribution in [3.8, 4) is 5.75 Å². The van der Waals surface area contributed by atoms with E-state index in [2.05, 4.69) is 11.4 Å². The Labute approximate surface area is 211 Å². The molecule has 1 atom stereocenters. The van der Waals surface area contributed by atoms with Crippen LogP contribution in [0, 0.1) is 0 Å². The van der Waals surface area contributed by atoms with Gasteiger partial charge in [-0.1, -0.05) is 30.3 Å². The molecule has 0 radical (unpaired) electrons. The van der Waals surface area contributed by atoms with Crippen LogP contribution in [0.15, 0.2) is 53.4 Å². The Morgan fingerprint density at radius 2 is 1.94 bits per heavy atom. The molecule has 2 aromatic rings. The van der Waals surface area contributed by atoms with E-state index in [0.29, 0.717) is 18.8 Å². The number of carbonyl (C=O) groups excluding carboxylic acids is 2. The van der Waals surface area contributed by atoms with Crippen molar-refractivity contribution in [3.63, 3.8) is 0 Å². The molecule has 1 heterocycles. The van der Waals surface area contributed by atoms with Crippen molar-refractivity contribution in [1.82, 2.24) is 9.62 Å². The molecule has 192 valence electrons. The number of methoxy groups -OCH3 is 1. The van der Waals surface area contributed by atoms with E-state index >= 15 is 0 Å². The number of nitrogens with one attached hydrogen (secondary N) is 1. The molecule has 1 saturated heterocycles. The quantitative estimate of drug-likeness (QED) is 0.426. The topological polar surface area (TPSA) is 111 Å². The molecule has 1 amide bonds. The highest BCUT2D eigenvalue weighted by atomic mass is 32.2. The zero-order valence-corrected chi connectivity index (χ0v) is 21.0. The van der Waals surface area contributed by atoms with Crippen LogP contribution in [0.5, 0.6) is 5.75 Å². The Hall–Kier alpha value is -3.21. The molecule has 0 aromatic heterocycles. The van der Waals surface area contributed by atoms with Gasteiger partial charge in [0.05, 0.1) is 26.4 Å². The van der Waals surface area contributed by atoms with Gasteiger partial charge in [0.1, 0.15) is 10.6 Å². The standard InChI is InChI=1S/C26H30N2O7S/c1-33-23-11-9-19(17-24(23)36(31,32)28-13-15-34-16-14-28)10-12-26(30)35-18-25(29)27-22-8-4-6-20-5-2-3-7-21(20)22/h2-3,5,7,9-12,17,22H,4,6,8,13-16,18H2,1H3,(H,27,29)/b12-10+/t22-/m0/s1. The number of ether oxygens (including phenoxy) is 3. The summed E-state index contributed by atoms with van der Waals surface area (Å²) >= 11 is 0. The third-order valence-electron chi connectivity index (χ3n) is 6.24. The van der Waals surface area contributed by atoms with Crippen molar-refractivity contribution in [2.45, 2.75) is 30.2 Å². The lowest BCUT2D eigenvalue weighted by atomic mass is 9.88. The molecule has 0 bridgehead atoms. The number of aryl methyl sites for hydroxylation is 1. The number of hydrogen-bond donors (Lipinski definition) is 1. The Balaban J connectivity index is 1.36. The van der Waals surface area contributed by atoms with Crippen LogP contribution in [0.3, 0.4) is 0 Å². The summed E-state index contributed by atoms with van der Waals surface area (Å²) in [6, 6.07) is 12.5. The number of morpholine rings is 1. The van der Waals surface area contributed by atoms with Crippen molar-refractivity contribution in [2.75, 3.05) is 40.0 Å². The second-order valence-corrected chi connectivity index (χ2v) is 10.5. The molecule has 9 nitrogen and oxygen atoms in total. The molecule has 0 saturated carbocycles.